The van der Waals surface area contributed by atoms with E-state index in [-0.39, 0.29) is 17.0 Å². The third kappa shape index (κ3) is 3.14. The lowest BCUT2D eigenvalue weighted by Crippen LogP contribution is -2.33. The molecule has 1 aromatic carbocycles. The number of nitriles is 1. The van der Waals surface area contributed by atoms with Crippen molar-refractivity contribution in [3.05, 3.63) is 73.4 Å². The highest BCUT2D eigenvalue weighted by molar-refractivity contribution is 9.10. The molecule has 2 aromatic rings. The first-order valence-electron chi connectivity index (χ1n) is 8.04. The summed E-state index contributed by atoms with van der Waals surface area (Å²) >= 11 is 3.44. The van der Waals surface area contributed by atoms with Gasteiger partial charge in [-0.15, -0.1) is 0 Å². The van der Waals surface area contributed by atoms with Gasteiger partial charge in [0.2, 0.25) is 5.88 Å². The van der Waals surface area contributed by atoms with Gasteiger partial charge in [0.1, 0.15) is 17.4 Å². The lowest BCUT2D eigenvalue weighted by Gasteiger charge is -2.27. The van der Waals surface area contributed by atoms with Gasteiger partial charge in [0.25, 0.3) is 5.56 Å². The topological polar surface area (TPSA) is 90.3 Å². The number of nitrogens with zero attached hydrogens (tertiary/aromatic N) is 2. The second-order valence-corrected chi connectivity index (χ2v) is 6.91. The molecule has 0 saturated carbocycles. The summed E-state index contributed by atoms with van der Waals surface area (Å²) in [4.78, 5) is 13.2. The molecule has 3 rings (SSSR count). The fourth-order valence-corrected chi connectivity index (χ4v) is 3.58. The minimum Gasteiger partial charge on any atom is -0.440 e. The van der Waals surface area contributed by atoms with E-state index in [1.807, 2.05) is 31.2 Å². The number of rotatable bonds is 4. The Hall–Kier alpha value is -2.56. The number of hydrogen-bond donors (Lipinski definition) is 1. The summed E-state index contributed by atoms with van der Waals surface area (Å²) in [6, 6.07) is 11.4. The first kappa shape index (κ1) is 18.2. The van der Waals surface area contributed by atoms with Crippen LogP contribution in [0.25, 0.3) is 0 Å². The van der Waals surface area contributed by atoms with Crippen LogP contribution < -0.4 is 16.0 Å². The molecule has 0 radical (unpaired) electrons. The number of allylic oxidation sites excluding steroid dienone is 1. The highest BCUT2D eigenvalue weighted by Crippen LogP contribution is 2.40. The molecular formula is C19H18BrN3O3. The second-order valence-electron chi connectivity index (χ2n) is 5.99. The van der Waals surface area contributed by atoms with E-state index in [0.717, 1.165) is 15.7 Å². The summed E-state index contributed by atoms with van der Waals surface area (Å²) in [6.07, 6.45) is 0. The zero-order valence-electron chi connectivity index (χ0n) is 14.5. The van der Waals surface area contributed by atoms with Gasteiger partial charge >= 0.3 is 0 Å². The van der Waals surface area contributed by atoms with Crippen molar-refractivity contribution in [2.45, 2.75) is 19.4 Å². The molecular weight excluding hydrogens is 398 g/mol. The van der Waals surface area contributed by atoms with E-state index in [0.29, 0.717) is 24.5 Å². The molecule has 7 heteroatoms. The maximum absolute atomic E-state index is 13.2. The molecule has 0 saturated heterocycles. The zero-order valence-corrected chi connectivity index (χ0v) is 16.0. The minimum absolute atomic E-state index is 0.0263. The van der Waals surface area contributed by atoms with Crippen LogP contribution in [0.3, 0.4) is 0 Å². The Bertz CT molecular complexity index is 988. The van der Waals surface area contributed by atoms with Gasteiger partial charge < -0.3 is 19.8 Å². The van der Waals surface area contributed by atoms with Gasteiger partial charge in [-0.2, -0.15) is 5.26 Å². The number of aromatic nitrogens is 1. The number of aryl methyl sites for hydroxylation is 1. The van der Waals surface area contributed by atoms with Crippen molar-refractivity contribution in [2.75, 3.05) is 13.7 Å². The summed E-state index contributed by atoms with van der Waals surface area (Å²) in [5.74, 6) is -0.163. The van der Waals surface area contributed by atoms with Crippen LogP contribution in [0.2, 0.25) is 0 Å². The van der Waals surface area contributed by atoms with Crippen molar-refractivity contribution in [3.63, 3.8) is 0 Å². The molecule has 0 amide bonds. The average Bonchev–Trinajstić information content (AvgIpc) is 2.60. The fraction of sp³-hybridized carbons (Fsp3) is 0.263. The number of fused-ring (bicyclic) bond motifs is 1. The van der Waals surface area contributed by atoms with Crippen LogP contribution in [-0.2, 0) is 11.3 Å². The van der Waals surface area contributed by atoms with Gasteiger partial charge in [0, 0.05) is 29.9 Å². The average molecular weight is 416 g/mol. The van der Waals surface area contributed by atoms with Crippen molar-refractivity contribution in [2.24, 2.45) is 5.73 Å². The first-order valence-corrected chi connectivity index (χ1v) is 8.83. The molecule has 26 heavy (non-hydrogen) atoms. The lowest BCUT2D eigenvalue weighted by atomic mass is 9.84. The van der Waals surface area contributed by atoms with E-state index in [1.54, 1.807) is 17.7 Å². The van der Waals surface area contributed by atoms with Gasteiger partial charge in [-0.1, -0.05) is 28.1 Å². The first-order chi connectivity index (χ1) is 12.5. The smallest absolute Gasteiger partial charge is 0.258 e. The molecule has 1 unspecified atom stereocenters. The standard InChI is InChI=1S/C19H18BrN3O3/c1-11-8-15-17(19(24)23(11)6-7-25-2)16(14(10-21)18(22)26-15)12-4-3-5-13(20)9-12/h3-5,8-9,16H,6-7,22H2,1-2H3. The Morgan fingerprint density at radius 2 is 2.19 bits per heavy atom. The Balaban J connectivity index is 2.28. The SMILES string of the molecule is COCCn1c(C)cc2c(c1=O)C(c1cccc(Br)c1)C(C#N)=C(N)O2. The number of hydrogen-bond acceptors (Lipinski definition) is 5. The van der Waals surface area contributed by atoms with E-state index < -0.39 is 5.92 Å². The molecule has 2 N–H and O–H groups in total. The van der Waals surface area contributed by atoms with Crippen LogP contribution in [0.5, 0.6) is 5.75 Å². The summed E-state index contributed by atoms with van der Waals surface area (Å²) in [5.41, 5.74) is 7.96. The van der Waals surface area contributed by atoms with E-state index >= 15 is 0 Å². The van der Waals surface area contributed by atoms with Crippen LogP contribution in [0.15, 0.2) is 51.1 Å². The maximum atomic E-state index is 13.2. The molecule has 134 valence electrons. The Labute approximate surface area is 159 Å². The molecule has 2 heterocycles. The largest absolute Gasteiger partial charge is 0.440 e. The van der Waals surface area contributed by atoms with Gasteiger partial charge in [0.15, 0.2) is 0 Å². The summed E-state index contributed by atoms with van der Waals surface area (Å²) in [5, 5.41) is 9.64. The fourth-order valence-electron chi connectivity index (χ4n) is 3.17. The third-order valence-corrected chi connectivity index (χ3v) is 4.88. The second kappa shape index (κ2) is 7.36. The van der Waals surface area contributed by atoms with Crippen molar-refractivity contribution in [1.29, 1.82) is 5.26 Å². The number of pyridine rings is 1. The molecule has 0 aliphatic carbocycles. The Morgan fingerprint density at radius 1 is 1.42 bits per heavy atom. The number of halogens is 1. The molecule has 0 fully saturated rings. The van der Waals surface area contributed by atoms with Crippen molar-refractivity contribution in [1.82, 2.24) is 4.57 Å². The molecule has 0 bridgehead atoms. The molecule has 6 nitrogen and oxygen atoms in total. The predicted octanol–water partition coefficient (Wildman–Crippen LogP) is 2.78. The predicted molar refractivity (Wildman–Crippen MR) is 101 cm³/mol. The quantitative estimate of drug-likeness (QED) is 0.828. The van der Waals surface area contributed by atoms with Crippen LogP contribution in [0, 0.1) is 18.3 Å². The highest BCUT2D eigenvalue weighted by atomic mass is 79.9. The van der Waals surface area contributed by atoms with Gasteiger partial charge in [-0.3, -0.25) is 4.79 Å². The molecule has 0 spiro atoms. The van der Waals surface area contributed by atoms with Gasteiger partial charge in [-0.05, 0) is 24.6 Å². The number of ether oxygens (including phenoxy) is 2. The van der Waals surface area contributed by atoms with E-state index in [4.69, 9.17) is 15.2 Å². The van der Waals surface area contributed by atoms with Gasteiger partial charge in [-0.25, -0.2) is 0 Å². The highest BCUT2D eigenvalue weighted by Gasteiger charge is 2.34. The Kier molecular flexibility index (Phi) is 5.16. The summed E-state index contributed by atoms with van der Waals surface area (Å²) in [7, 11) is 1.59. The zero-order chi connectivity index (χ0) is 18.8. The van der Waals surface area contributed by atoms with Crippen molar-refractivity contribution < 1.29 is 9.47 Å². The Morgan fingerprint density at radius 3 is 2.85 bits per heavy atom. The number of benzene rings is 1. The minimum atomic E-state index is -0.580. The number of methoxy groups -OCH3 is 1. The normalized spacial score (nSPS) is 16.0. The van der Waals surface area contributed by atoms with Crippen molar-refractivity contribution in [3.8, 4) is 11.8 Å². The van der Waals surface area contributed by atoms with Crippen LogP contribution in [0.4, 0.5) is 0 Å². The van der Waals surface area contributed by atoms with E-state index in [9.17, 15) is 10.1 Å². The maximum Gasteiger partial charge on any atom is 0.258 e. The molecule has 1 aromatic heterocycles. The molecule has 1 aliphatic heterocycles. The lowest BCUT2D eigenvalue weighted by molar-refractivity contribution is 0.185. The van der Waals surface area contributed by atoms with E-state index in [2.05, 4.69) is 22.0 Å². The molecule has 1 atom stereocenters. The van der Waals surface area contributed by atoms with Crippen LogP contribution >= 0.6 is 15.9 Å². The van der Waals surface area contributed by atoms with Crippen molar-refractivity contribution >= 4 is 15.9 Å². The van der Waals surface area contributed by atoms with Crippen LogP contribution in [-0.4, -0.2) is 18.3 Å². The molecule has 1 aliphatic rings. The number of nitrogens with two attached hydrogens (primary N) is 1. The monoisotopic (exact) mass is 415 g/mol. The van der Waals surface area contributed by atoms with Crippen LogP contribution in [0.1, 0.15) is 22.7 Å². The summed E-state index contributed by atoms with van der Waals surface area (Å²) < 4.78 is 13.2. The third-order valence-electron chi connectivity index (χ3n) is 4.39. The van der Waals surface area contributed by atoms with E-state index in [1.165, 1.54) is 0 Å². The summed E-state index contributed by atoms with van der Waals surface area (Å²) in [6.45, 7) is 2.65. The van der Waals surface area contributed by atoms with Gasteiger partial charge in [0.05, 0.1) is 18.1 Å².